The van der Waals surface area contributed by atoms with Crippen molar-refractivity contribution in [3.05, 3.63) is 28.2 Å². The Morgan fingerprint density at radius 3 is 2.91 bits per heavy atom. The summed E-state index contributed by atoms with van der Waals surface area (Å²) in [6, 6.07) is 4.27. The molecule has 0 radical (unpaired) electrons. The van der Waals surface area contributed by atoms with Gasteiger partial charge in [-0.2, -0.15) is 13.2 Å². The van der Waals surface area contributed by atoms with E-state index in [0.717, 1.165) is 15.8 Å². The lowest BCUT2D eigenvalue weighted by atomic mass is 10.1. The fourth-order valence-corrected chi connectivity index (χ4v) is 2.88. The van der Waals surface area contributed by atoms with Crippen molar-refractivity contribution in [2.45, 2.75) is 25.6 Å². The number of rotatable bonds is 5. The van der Waals surface area contributed by atoms with Crippen LogP contribution in [-0.2, 0) is 0 Å². The van der Waals surface area contributed by atoms with Crippen LogP contribution in [0.2, 0.25) is 0 Å². The van der Waals surface area contributed by atoms with Gasteiger partial charge in [-0.3, -0.25) is 4.90 Å². The van der Waals surface area contributed by atoms with Crippen LogP contribution in [0, 0.1) is 6.92 Å². The van der Waals surface area contributed by atoms with Crippen LogP contribution < -0.4 is 10.1 Å². The average Bonchev–Trinajstić information content (AvgIpc) is 2.47. The highest BCUT2D eigenvalue weighted by molar-refractivity contribution is 9.10. The molecule has 1 unspecified atom stereocenters. The number of hydrogen-bond acceptors (Lipinski definition) is 3. The van der Waals surface area contributed by atoms with Crippen LogP contribution in [0.15, 0.2) is 22.7 Å². The summed E-state index contributed by atoms with van der Waals surface area (Å²) >= 11 is 3.43. The monoisotopic (exact) mass is 380 g/mol. The maximum absolute atomic E-state index is 12.9. The van der Waals surface area contributed by atoms with Gasteiger partial charge < -0.3 is 10.1 Å². The van der Waals surface area contributed by atoms with Crippen molar-refractivity contribution in [2.75, 3.05) is 32.8 Å². The Hall–Kier alpha value is -0.790. The second-order valence-electron chi connectivity index (χ2n) is 5.36. The van der Waals surface area contributed by atoms with E-state index in [1.807, 2.05) is 25.1 Å². The van der Waals surface area contributed by atoms with Gasteiger partial charge in [-0.1, -0.05) is 22.0 Å². The topological polar surface area (TPSA) is 24.5 Å². The quantitative estimate of drug-likeness (QED) is 0.792. The van der Waals surface area contributed by atoms with Crippen LogP contribution in [0.1, 0.15) is 12.0 Å². The first-order chi connectivity index (χ1) is 10.4. The SMILES string of the molecule is Cc1c(Br)cccc1OCCCN1CCNCC1C(F)(F)F. The van der Waals surface area contributed by atoms with Crippen LogP contribution in [0.5, 0.6) is 5.75 Å². The van der Waals surface area contributed by atoms with Crippen molar-refractivity contribution >= 4 is 15.9 Å². The Balaban J connectivity index is 1.81. The Bertz CT molecular complexity index is 496. The molecule has 0 bridgehead atoms. The minimum absolute atomic E-state index is 0.0326. The van der Waals surface area contributed by atoms with E-state index in [4.69, 9.17) is 4.74 Å². The van der Waals surface area contributed by atoms with Crippen molar-refractivity contribution < 1.29 is 17.9 Å². The second-order valence-corrected chi connectivity index (χ2v) is 6.22. The zero-order valence-corrected chi connectivity index (χ0v) is 14.0. The van der Waals surface area contributed by atoms with Gasteiger partial charge in [0, 0.05) is 36.2 Å². The molecule has 1 saturated heterocycles. The van der Waals surface area contributed by atoms with Crippen molar-refractivity contribution in [1.29, 1.82) is 0 Å². The predicted octanol–water partition coefficient (Wildman–Crippen LogP) is 3.36. The summed E-state index contributed by atoms with van der Waals surface area (Å²) < 4.78 is 45.5. The fraction of sp³-hybridized carbons (Fsp3) is 0.600. The first-order valence-electron chi connectivity index (χ1n) is 7.29. The molecule has 1 aliphatic rings. The highest BCUT2D eigenvalue weighted by Crippen LogP contribution is 2.27. The Morgan fingerprint density at radius 1 is 1.41 bits per heavy atom. The third kappa shape index (κ3) is 4.60. The molecule has 3 nitrogen and oxygen atoms in total. The molecular formula is C15H20BrF3N2O. The fourth-order valence-electron chi connectivity index (χ4n) is 2.53. The Morgan fingerprint density at radius 2 is 2.18 bits per heavy atom. The molecule has 1 aliphatic heterocycles. The van der Waals surface area contributed by atoms with E-state index in [0.29, 0.717) is 32.7 Å². The van der Waals surface area contributed by atoms with Gasteiger partial charge in [0.05, 0.1) is 6.61 Å². The van der Waals surface area contributed by atoms with E-state index >= 15 is 0 Å². The normalized spacial score (nSPS) is 20.1. The number of alkyl halides is 3. The van der Waals surface area contributed by atoms with Crippen LogP contribution in [0.3, 0.4) is 0 Å². The number of nitrogens with one attached hydrogen (secondary N) is 1. The van der Waals surface area contributed by atoms with E-state index in [1.54, 1.807) is 0 Å². The average molecular weight is 381 g/mol. The molecule has 1 heterocycles. The van der Waals surface area contributed by atoms with Crippen LogP contribution in [0.25, 0.3) is 0 Å². The molecule has 1 aromatic carbocycles. The van der Waals surface area contributed by atoms with E-state index in [-0.39, 0.29) is 6.54 Å². The molecule has 22 heavy (non-hydrogen) atoms. The minimum atomic E-state index is -4.19. The number of benzene rings is 1. The molecule has 1 aromatic rings. The third-order valence-electron chi connectivity index (χ3n) is 3.80. The summed E-state index contributed by atoms with van der Waals surface area (Å²) in [6.07, 6.45) is -3.62. The lowest BCUT2D eigenvalue weighted by Gasteiger charge is -2.37. The second kappa shape index (κ2) is 7.66. The van der Waals surface area contributed by atoms with Gasteiger partial charge in [0.1, 0.15) is 11.8 Å². The van der Waals surface area contributed by atoms with Gasteiger partial charge in [0.2, 0.25) is 0 Å². The standard InChI is InChI=1S/C15H20BrF3N2O/c1-11-12(16)4-2-5-13(11)22-9-3-7-21-8-6-20-10-14(21)15(17,18)19/h2,4-5,14,20H,3,6-10H2,1H3. The molecular weight excluding hydrogens is 361 g/mol. The number of hydrogen-bond donors (Lipinski definition) is 1. The molecule has 7 heteroatoms. The van der Waals surface area contributed by atoms with Gasteiger partial charge in [-0.05, 0) is 25.5 Å². The summed E-state index contributed by atoms with van der Waals surface area (Å²) in [5, 5.41) is 2.80. The van der Waals surface area contributed by atoms with Gasteiger partial charge in [-0.15, -0.1) is 0 Å². The number of halogens is 4. The molecule has 1 atom stereocenters. The maximum atomic E-state index is 12.9. The molecule has 2 rings (SSSR count). The summed E-state index contributed by atoms with van der Waals surface area (Å²) in [7, 11) is 0. The van der Waals surface area contributed by atoms with Gasteiger partial charge in [0.25, 0.3) is 0 Å². The van der Waals surface area contributed by atoms with Crippen molar-refractivity contribution in [1.82, 2.24) is 10.2 Å². The lowest BCUT2D eigenvalue weighted by molar-refractivity contribution is -0.187. The largest absolute Gasteiger partial charge is 0.493 e. The van der Waals surface area contributed by atoms with Crippen LogP contribution in [-0.4, -0.2) is 49.9 Å². The van der Waals surface area contributed by atoms with Crippen molar-refractivity contribution in [3.8, 4) is 5.75 Å². The molecule has 124 valence electrons. The van der Waals surface area contributed by atoms with Gasteiger partial charge in [0.15, 0.2) is 0 Å². The lowest BCUT2D eigenvalue weighted by Crippen LogP contribution is -2.57. The summed E-state index contributed by atoms with van der Waals surface area (Å²) in [6.45, 7) is 3.72. The highest BCUT2D eigenvalue weighted by atomic mass is 79.9. The molecule has 0 saturated carbocycles. The molecule has 0 aromatic heterocycles. The summed E-state index contributed by atoms with van der Waals surface area (Å²) in [5.41, 5.74) is 0.998. The summed E-state index contributed by atoms with van der Waals surface area (Å²) in [4.78, 5) is 1.49. The number of piperazine rings is 1. The molecule has 0 spiro atoms. The van der Waals surface area contributed by atoms with Crippen molar-refractivity contribution in [2.24, 2.45) is 0 Å². The molecule has 0 amide bonds. The number of ether oxygens (including phenoxy) is 1. The van der Waals surface area contributed by atoms with Crippen molar-refractivity contribution in [3.63, 3.8) is 0 Å². The smallest absolute Gasteiger partial charge is 0.405 e. The van der Waals surface area contributed by atoms with Gasteiger partial charge in [-0.25, -0.2) is 0 Å². The van der Waals surface area contributed by atoms with E-state index in [2.05, 4.69) is 21.2 Å². The Kier molecular flexibility index (Phi) is 6.11. The van der Waals surface area contributed by atoms with E-state index < -0.39 is 12.2 Å². The predicted molar refractivity (Wildman–Crippen MR) is 83.3 cm³/mol. The first kappa shape index (κ1) is 17.6. The molecule has 0 aliphatic carbocycles. The zero-order chi connectivity index (χ0) is 16.2. The van der Waals surface area contributed by atoms with E-state index in [9.17, 15) is 13.2 Å². The summed E-state index contributed by atoms with van der Waals surface area (Å²) in [5.74, 6) is 0.766. The Labute approximate surface area is 136 Å². The molecule has 1 fully saturated rings. The highest BCUT2D eigenvalue weighted by Gasteiger charge is 2.44. The van der Waals surface area contributed by atoms with Crippen LogP contribution in [0.4, 0.5) is 13.2 Å². The van der Waals surface area contributed by atoms with Crippen LogP contribution >= 0.6 is 15.9 Å². The van der Waals surface area contributed by atoms with E-state index in [1.165, 1.54) is 4.90 Å². The number of nitrogens with zero attached hydrogens (tertiary/aromatic N) is 1. The molecule has 1 N–H and O–H groups in total. The zero-order valence-electron chi connectivity index (χ0n) is 12.4. The minimum Gasteiger partial charge on any atom is -0.493 e. The first-order valence-corrected chi connectivity index (χ1v) is 8.08. The maximum Gasteiger partial charge on any atom is 0.405 e. The van der Waals surface area contributed by atoms with Gasteiger partial charge >= 0.3 is 6.18 Å². The third-order valence-corrected chi connectivity index (χ3v) is 4.66.